The summed E-state index contributed by atoms with van der Waals surface area (Å²) in [6, 6.07) is 6.36. The molecule has 4 atom stereocenters. The zero-order valence-electron chi connectivity index (χ0n) is 17.2. The number of carbonyl (C=O) groups excluding carboxylic acids is 2. The number of Topliss-reactive ketones (excluding diaryl/α,β-unsaturated/α-hetero) is 1. The van der Waals surface area contributed by atoms with Crippen LogP contribution in [0.3, 0.4) is 0 Å². The highest BCUT2D eigenvalue weighted by atomic mass is 16.7. The summed E-state index contributed by atoms with van der Waals surface area (Å²) in [4.78, 5) is 34.7. The van der Waals surface area contributed by atoms with Crippen LogP contribution in [0.2, 0.25) is 0 Å². The summed E-state index contributed by atoms with van der Waals surface area (Å²) in [5, 5.41) is 11.2. The smallest absolute Gasteiger partial charge is 0.404 e. The molecule has 0 saturated carbocycles. The Balaban J connectivity index is 1.88. The molecule has 9 heteroatoms. The van der Waals surface area contributed by atoms with E-state index >= 15 is 0 Å². The highest BCUT2D eigenvalue weighted by Gasteiger charge is 2.50. The number of hydrogen-bond donors (Lipinski definition) is 2. The predicted molar refractivity (Wildman–Crippen MR) is 106 cm³/mol. The van der Waals surface area contributed by atoms with Crippen molar-refractivity contribution in [2.24, 2.45) is 11.7 Å². The summed E-state index contributed by atoms with van der Waals surface area (Å²) in [5.41, 5.74) is 4.28. The molecule has 1 aromatic carbocycles. The molecule has 30 heavy (non-hydrogen) atoms. The number of carbonyl (C=O) groups is 2. The van der Waals surface area contributed by atoms with Crippen molar-refractivity contribution in [3.05, 3.63) is 40.2 Å². The number of benzene rings is 1. The van der Waals surface area contributed by atoms with Gasteiger partial charge in [-0.1, -0.05) is 6.92 Å². The number of rotatable bonds is 5. The fourth-order valence-corrected chi connectivity index (χ4v) is 3.46. The third-order valence-corrected chi connectivity index (χ3v) is 5.35. The standard InChI is InChI=1S/C21H25NO8/c1-10(23)7-13-8-12-5-6-14(9-15(12)28-18(13)25)27-19-16(24)17(29-20(22)26)11(2)21(3,4)30-19/h5-6,8-9,11,16-17,19,24H,7H2,1-4H3,(H2,22,26)/t11-,16+,17+,19?/m1/s1. The molecular formula is C21H25NO8. The average Bonchev–Trinajstić information content (AvgIpc) is 2.63. The minimum atomic E-state index is -1.29. The topological polar surface area (TPSA) is 138 Å². The van der Waals surface area contributed by atoms with E-state index in [2.05, 4.69) is 0 Å². The second kappa shape index (κ2) is 8.08. The van der Waals surface area contributed by atoms with Crippen LogP contribution in [-0.2, 0) is 20.7 Å². The van der Waals surface area contributed by atoms with Gasteiger partial charge in [-0.25, -0.2) is 9.59 Å². The maximum absolute atomic E-state index is 12.1. The number of primary amides is 1. The lowest BCUT2D eigenvalue weighted by atomic mass is 9.82. The molecule has 1 saturated heterocycles. The van der Waals surface area contributed by atoms with E-state index in [-0.39, 0.29) is 35.0 Å². The first-order valence-corrected chi connectivity index (χ1v) is 9.53. The SMILES string of the molecule is CC(=O)Cc1cc2ccc(OC3OC(C)(C)[C@H](C)[C@H](OC(N)=O)[C@@H]3O)cc2oc1=O. The van der Waals surface area contributed by atoms with Crippen molar-refractivity contribution < 1.29 is 33.3 Å². The minimum absolute atomic E-state index is 0.00680. The zero-order valence-corrected chi connectivity index (χ0v) is 17.2. The van der Waals surface area contributed by atoms with Crippen LogP contribution in [0.1, 0.15) is 33.3 Å². The van der Waals surface area contributed by atoms with Crippen LogP contribution >= 0.6 is 0 Å². The summed E-state index contributed by atoms with van der Waals surface area (Å²) in [5.74, 6) is -0.221. The molecule has 1 aliphatic heterocycles. The number of ketones is 1. The maximum atomic E-state index is 12.1. The van der Waals surface area contributed by atoms with Crippen molar-refractivity contribution in [2.45, 2.75) is 58.2 Å². The fraction of sp³-hybridized carbons (Fsp3) is 0.476. The van der Waals surface area contributed by atoms with Gasteiger partial charge in [0, 0.05) is 29.4 Å². The zero-order chi connectivity index (χ0) is 22.2. The Morgan fingerprint density at radius 2 is 1.97 bits per heavy atom. The van der Waals surface area contributed by atoms with E-state index in [0.29, 0.717) is 5.39 Å². The first-order valence-electron chi connectivity index (χ1n) is 9.53. The first kappa shape index (κ1) is 21.8. The highest BCUT2D eigenvalue weighted by Crippen LogP contribution is 2.37. The first-order chi connectivity index (χ1) is 14.0. The van der Waals surface area contributed by atoms with Crippen molar-refractivity contribution in [1.82, 2.24) is 0 Å². The summed E-state index contributed by atoms with van der Waals surface area (Å²) in [7, 11) is 0. The lowest BCUT2D eigenvalue weighted by Crippen LogP contribution is -2.60. The second-order valence-corrected chi connectivity index (χ2v) is 8.03. The number of amides is 1. The Labute approximate surface area is 172 Å². The largest absolute Gasteiger partial charge is 0.462 e. The lowest BCUT2D eigenvalue weighted by molar-refractivity contribution is -0.283. The van der Waals surface area contributed by atoms with Gasteiger partial charge in [-0.2, -0.15) is 0 Å². The van der Waals surface area contributed by atoms with E-state index in [1.54, 1.807) is 39.0 Å². The maximum Gasteiger partial charge on any atom is 0.404 e. The van der Waals surface area contributed by atoms with E-state index < -0.39 is 35.8 Å². The monoisotopic (exact) mass is 419 g/mol. The van der Waals surface area contributed by atoms with E-state index in [0.717, 1.165) is 0 Å². The molecule has 0 bridgehead atoms. The van der Waals surface area contributed by atoms with Crippen LogP contribution < -0.4 is 16.1 Å². The van der Waals surface area contributed by atoms with Crippen LogP contribution in [0.4, 0.5) is 4.79 Å². The number of aliphatic hydroxyl groups excluding tert-OH is 1. The van der Waals surface area contributed by atoms with Gasteiger partial charge in [0.05, 0.1) is 5.60 Å². The molecule has 3 rings (SSSR count). The van der Waals surface area contributed by atoms with Gasteiger partial charge < -0.3 is 29.5 Å². The number of fused-ring (bicyclic) bond motifs is 1. The predicted octanol–water partition coefficient (Wildman–Crippen LogP) is 1.90. The van der Waals surface area contributed by atoms with E-state index in [9.17, 15) is 19.5 Å². The van der Waals surface area contributed by atoms with Gasteiger partial charge in [0.2, 0.25) is 6.29 Å². The van der Waals surface area contributed by atoms with Crippen LogP contribution in [0.15, 0.2) is 33.5 Å². The normalized spacial score (nSPS) is 25.6. The molecule has 1 aromatic heterocycles. The van der Waals surface area contributed by atoms with Crippen LogP contribution in [0, 0.1) is 5.92 Å². The van der Waals surface area contributed by atoms with E-state index in [4.69, 9.17) is 24.4 Å². The summed E-state index contributed by atoms with van der Waals surface area (Å²) in [6.07, 6.45) is -4.38. The van der Waals surface area contributed by atoms with Gasteiger partial charge in [0.25, 0.3) is 0 Å². The Hall–Kier alpha value is -2.91. The lowest BCUT2D eigenvalue weighted by Gasteiger charge is -2.47. The third kappa shape index (κ3) is 4.47. The Bertz CT molecular complexity index is 1030. The molecule has 1 amide bonds. The summed E-state index contributed by atoms with van der Waals surface area (Å²) >= 11 is 0. The fourth-order valence-electron chi connectivity index (χ4n) is 3.46. The van der Waals surface area contributed by atoms with Gasteiger partial charge in [-0.3, -0.25) is 4.79 Å². The molecule has 162 valence electrons. The van der Waals surface area contributed by atoms with Crippen molar-refractivity contribution in [2.75, 3.05) is 0 Å². The van der Waals surface area contributed by atoms with Gasteiger partial charge in [0.15, 0.2) is 6.10 Å². The quantitative estimate of drug-likeness (QED) is 0.701. The van der Waals surface area contributed by atoms with E-state index in [1.165, 1.54) is 13.0 Å². The highest BCUT2D eigenvalue weighted by molar-refractivity contribution is 5.82. The molecule has 0 aliphatic carbocycles. The minimum Gasteiger partial charge on any atom is -0.462 e. The Morgan fingerprint density at radius 1 is 1.27 bits per heavy atom. The number of hydrogen-bond acceptors (Lipinski definition) is 8. The number of aliphatic hydroxyl groups is 1. The molecule has 1 fully saturated rings. The molecule has 3 N–H and O–H groups in total. The van der Waals surface area contributed by atoms with Gasteiger partial charge >= 0.3 is 11.7 Å². The van der Waals surface area contributed by atoms with E-state index in [1.807, 2.05) is 0 Å². The molecule has 0 radical (unpaired) electrons. The molecule has 1 unspecified atom stereocenters. The van der Waals surface area contributed by atoms with Crippen LogP contribution in [0.25, 0.3) is 11.0 Å². The molecule has 1 aliphatic rings. The molecule has 2 aromatic rings. The van der Waals surface area contributed by atoms with Crippen molar-refractivity contribution in [3.8, 4) is 5.75 Å². The van der Waals surface area contributed by atoms with Crippen LogP contribution in [-0.4, -0.2) is 41.1 Å². The molecule has 9 nitrogen and oxygen atoms in total. The molecular weight excluding hydrogens is 394 g/mol. The van der Waals surface area contributed by atoms with Gasteiger partial charge in [-0.15, -0.1) is 0 Å². The molecule has 2 heterocycles. The molecule has 0 spiro atoms. The number of ether oxygens (including phenoxy) is 3. The second-order valence-electron chi connectivity index (χ2n) is 8.03. The average molecular weight is 419 g/mol. The van der Waals surface area contributed by atoms with Crippen molar-refractivity contribution in [1.29, 1.82) is 0 Å². The summed E-state index contributed by atoms with van der Waals surface area (Å²) in [6.45, 7) is 6.74. The third-order valence-electron chi connectivity index (χ3n) is 5.35. The summed E-state index contributed by atoms with van der Waals surface area (Å²) < 4.78 is 22.1. The van der Waals surface area contributed by atoms with Crippen molar-refractivity contribution in [3.63, 3.8) is 0 Å². The Morgan fingerprint density at radius 3 is 2.60 bits per heavy atom. The van der Waals surface area contributed by atoms with Crippen molar-refractivity contribution >= 4 is 22.8 Å². The van der Waals surface area contributed by atoms with Gasteiger partial charge in [0.1, 0.15) is 23.2 Å². The number of nitrogens with two attached hydrogens (primary N) is 1. The van der Waals surface area contributed by atoms with Gasteiger partial charge in [-0.05, 0) is 39.0 Å². The van der Waals surface area contributed by atoms with Crippen LogP contribution in [0.5, 0.6) is 5.75 Å². The Kier molecular flexibility index (Phi) is 5.87.